The highest BCUT2D eigenvalue weighted by Crippen LogP contribution is 1.97. The van der Waals surface area contributed by atoms with Gasteiger partial charge in [0.25, 0.3) is 0 Å². The van der Waals surface area contributed by atoms with E-state index in [2.05, 4.69) is 29.6 Å². The van der Waals surface area contributed by atoms with Crippen molar-refractivity contribution >= 4 is 5.91 Å². The van der Waals surface area contributed by atoms with Gasteiger partial charge in [0.1, 0.15) is 6.26 Å². The van der Waals surface area contributed by atoms with E-state index in [4.69, 9.17) is 4.52 Å². The Balaban J connectivity index is 2.18. The Kier molecular flexibility index (Phi) is 5.69. The summed E-state index contributed by atoms with van der Waals surface area (Å²) in [5.74, 6) is 0.628. The van der Waals surface area contributed by atoms with Gasteiger partial charge in [-0.1, -0.05) is 19.0 Å². The maximum absolute atomic E-state index is 11.7. The van der Waals surface area contributed by atoms with E-state index in [-0.39, 0.29) is 11.9 Å². The van der Waals surface area contributed by atoms with E-state index in [1.54, 1.807) is 6.07 Å². The quantitative estimate of drug-likeness (QED) is 0.753. The predicted octanol–water partition coefficient (Wildman–Crippen LogP) is 1.31. The second kappa shape index (κ2) is 7.06. The molecular weight excluding hydrogens is 218 g/mol. The van der Waals surface area contributed by atoms with Crippen molar-refractivity contribution in [2.75, 3.05) is 6.54 Å². The lowest BCUT2D eigenvalue weighted by Gasteiger charge is -2.13. The third-order valence-corrected chi connectivity index (χ3v) is 2.49. The zero-order valence-corrected chi connectivity index (χ0v) is 10.7. The van der Waals surface area contributed by atoms with Crippen LogP contribution in [0.25, 0.3) is 0 Å². The molecule has 0 saturated heterocycles. The SMILES string of the molecule is CC(C)CCNC(=O)C(C)NCc1ccon1. The molecule has 96 valence electrons. The van der Waals surface area contributed by atoms with Crippen LogP contribution in [0.3, 0.4) is 0 Å². The van der Waals surface area contributed by atoms with Gasteiger partial charge < -0.3 is 15.2 Å². The Labute approximate surface area is 102 Å². The summed E-state index contributed by atoms with van der Waals surface area (Å²) in [5.41, 5.74) is 0.798. The van der Waals surface area contributed by atoms with Gasteiger partial charge in [0.15, 0.2) is 0 Å². The predicted molar refractivity (Wildman–Crippen MR) is 65.3 cm³/mol. The number of carbonyl (C=O) groups is 1. The fraction of sp³-hybridized carbons (Fsp3) is 0.667. The van der Waals surface area contributed by atoms with Crippen LogP contribution in [-0.2, 0) is 11.3 Å². The molecule has 2 N–H and O–H groups in total. The Hall–Kier alpha value is -1.36. The molecule has 17 heavy (non-hydrogen) atoms. The summed E-state index contributed by atoms with van der Waals surface area (Å²) in [4.78, 5) is 11.7. The van der Waals surface area contributed by atoms with Crippen molar-refractivity contribution in [2.24, 2.45) is 5.92 Å². The first kappa shape index (κ1) is 13.7. The van der Waals surface area contributed by atoms with E-state index >= 15 is 0 Å². The van der Waals surface area contributed by atoms with Crippen LogP contribution < -0.4 is 10.6 Å². The van der Waals surface area contributed by atoms with Crippen molar-refractivity contribution in [3.05, 3.63) is 18.0 Å². The fourth-order valence-corrected chi connectivity index (χ4v) is 1.32. The number of carbonyl (C=O) groups excluding carboxylic acids is 1. The summed E-state index contributed by atoms with van der Waals surface area (Å²) in [6, 6.07) is 1.55. The molecule has 0 radical (unpaired) electrons. The minimum absolute atomic E-state index is 0.0224. The molecule has 0 aliphatic heterocycles. The average molecular weight is 239 g/mol. The zero-order chi connectivity index (χ0) is 12.7. The normalized spacial score (nSPS) is 12.7. The number of hydrogen-bond acceptors (Lipinski definition) is 4. The lowest BCUT2D eigenvalue weighted by molar-refractivity contribution is -0.122. The third kappa shape index (κ3) is 5.49. The Morgan fingerprint density at radius 2 is 2.24 bits per heavy atom. The first-order valence-electron chi connectivity index (χ1n) is 6.00. The molecule has 1 atom stereocenters. The molecule has 0 fully saturated rings. The molecule has 0 saturated carbocycles. The van der Waals surface area contributed by atoms with Crippen molar-refractivity contribution in [3.8, 4) is 0 Å². The standard InChI is InChI=1S/C12H21N3O2/c1-9(2)4-6-13-12(16)10(3)14-8-11-5-7-17-15-11/h5,7,9-10,14H,4,6,8H2,1-3H3,(H,13,16). The summed E-state index contributed by atoms with van der Waals surface area (Å²) in [6.45, 7) is 7.38. The molecule has 0 aliphatic carbocycles. The van der Waals surface area contributed by atoms with Crippen LogP contribution in [0.1, 0.15) is 32.9 Å². The van der Waals surface area contributed by atoms with Gasteiger partial charge in [0.2, 0.25) is 5.91 Å². The van der Waals surface area contributed by atoms with Crippen molar-refractivity contribution in [2.45, 2.75) is 39.8 Å². The van der Waals surface area contributed by atoms with E-state index in [0.29, 0.717) is 12.5 Å². The summed E-state index contributed by atoms with van der Waals surface area (Å²) in [7, 11) is 0. The van der Waals surface area contributed by atoms with Gasteiger partial charge >= 0.3 is 0 Å². The number of nitrogens with one attached hydrogen (secondary N) is 2. The van der Waals surface area contributed by atoms with Crippen molar-refractivity contribution in [3.63, 3.8) is 0 Å². The molecule has 0 aliphatic rings. The first-order valence-corrected chi connectivity index (χ1v) is 6.00. The summed E-state index contributed by atoms with van der Waals surface area (Å²) in [5, 5.41) is 9.75. The molecule has 1 amide bonds. The molecule has 1 heterocycles. The number of rotatable bonds is 7. The van der Waals surface area contributed by atoms with Gasteiger partial charge in [-0.15, -0.1) is 0 Å². The van der Waals surface area contributed by atoms with Crippen molar-refractivity contribution in [1.82, 2.24) is 15.8 Å². The van der Waals surface area contributed by atoms with Crippen LogP contribution in [0.4, 0.5) is 0 Å². The highest BCUT2D eigenvalue weighted by Gasteiger charge is 2.11. The number of nitrogens with zero attached hydrogens (tertiary/aromatic N) is 1. The van der Waals surface area contributed by atoms with Gasteiger partial charge in [-0.2, -0.15) is 0 Å². The number of aromatic nitrogens is 1. The lowest BCUT2D eigenvalue weighted by atomic mass is 10.1. The van der Waals surface area contributed by atoms with Gasteiger partial charge in [0, 0.05) is 19.2 Å². The Morgan fingerprint density at radius 3 is 2.82 bits per heavy atom. The monoisotopic (exact) mass is 239 g/mol. The maximum Gasteiger partial charge on any atom is 0.236 e. The van der Waals surface area contributed by atoms with Gasteiger partial charge in [-0.25, -0.2) is 0 Å². The largest absolute Gasteiger partial charge is 0.364 e. The lowest BCUT2D eigenvalue weighted by Crippen LogP contribution is -2.42. The first-order chi connectivity index (χ1) is 8.09. The summed E-state index contributed by atoms with van der Waals surface area (Å²) in [6.07, 6.45) is 2.52. The Bertz CT molecular complexity index is 323. The minimum Gasteiger partial charge on any atom is -0.364 e. The van der Waals surface area contributed by atoms with Crippen LogP contribution in [0, 0.1) is 5.92 Å². The van der Waals surface area contributed by atoms with Crippen molar-refractivity contribution in [1.29, 1.82) is 0 Å². The van der Waals surface area contributed by atoms with Crippen LogP contribution in [0.5, 0.6) is 0 Å². The molecule has 0 aromatic carbocycles. The van der Waals surface area contributed by atoms with E-state index in [1.165, 1.54) is 6.26 Å². The highest BCUT2D eigenvalue weighted by atomic mass is 16.5. The van der Waals surface area contributed by atoms with Gasteiger partial charge in [0.05, 0.1) is 11.7 Å². The van der Waals surface area contributed by atoms with Crippen LogP contribution in [0.2, 0.25) is 0 Å². The molecule has 1 rings (SSSR count). The van der Waals surface area contributed by atoms with Gasteiger partial charge in [-0.3, -0.25) is 4.79 Å². The highest BCUT2D eigenvalue weighted by molar-refractivity contribution is 5.81. The van der Waals surface area contributed by atoms with E-state index in [0.717, 1.165) is 18.7 Å². The van der Waals surface area contributed by atoms with Crippen LogP contribution in [-0.4, -0.2) is 23.7 Å². The van der Waals surface area contributed by atoms with E-state index in [9.17, 15) is 4.79 Å². The molecule has 1 unspecified atom stereocenters. The fourth-order valence-electron chi connectivity index (χ4n) is 1.32. The Morgan fingerprint density at radius 1 is 1.47 bits per heavy atom. The van der Waals surface area contributed by atoms with Crippen LogP contribution in [0.15, 0.2) is 16.9 Å². The molecule has 1 aromatic rings. The maximum atomic E-state index is 11.7. The molecule has 0 spiro atoms. The molecular formula is C12H21N3O2. The van der Waals surface area contributed by atoms with Crippen molar-refractivity contribution < 1.29 is 9.32 Å². The molecule has 5 nitrogen and oxygen atoms in total. The summed E-state index contributed by atoms with van der Waals surface area (Å²) >= 11 is 0. The molecule has 5 heteroatoms. The smallest absolute Gasteiger partial charge is 0.236 e. The third-order valence-electron chi connectivity index (χ3n) is 2.49. The molecule has 0 bridgehead atoms. The second-order valence-electron chi connectivity index (χ2n) is 4.57. The summed E-state index contributed by atoms with van der Waals surface area (Å²) < 4.78 is 4.71. The topological polar surface area (TPSA) is 67.2 Å². The zero-order valence-electron chi connectivity index (χ0n) is 10.7. The van der Waals surface area contributed by atoms with E-state index < -0.39 is 0 Å². The van der Waals surface area contributed by atoms with Gasteiger partial charge in [-0.05, 0) is 19.3 Å². The second-order valence-corrected chi connectivity index (χ2v) is 4.57. The number of hydrogen-bond donors (Lipinski definition) is 2. The van der Waals surface area contributed by atoms with Crippen LogP contribution >= 0.6 is 0 Å². The molecule has 1 aromatic heterocycles. The van der Waals surface area contributed by atoms with E-state index in [1.807, 2.05) is 6.92 Å². The number of amides is 1. The minimum atomic E-state index is -0.223. The average Bonchev–Trinajstić information content (AvgIpc) is 2.78.